The van der Waals surface area contributed by atoms with Crippen molar-refractivity contribution < 1.29 is 13.9 Å². The molecule has 3 heterocycles. The summed E-state index contributed by atoms with van der Waals surface area (Å²) in [5.41, 5.74) is 3.13. The van der Waals surface area contributed by atoms with E-state index in [2.05, 4.69) is 10.3 Å². The van der Waals surface area contributed by atoms with Gasteiger partial charge in [-0.05, 0) is 48.6 Å². The lowest BCUT2D eigenvalue weighted by atomic mass is 9.78. The highest BCUT2D eigenvalue weighted by molar-refractivity contribution is 6.05. The second-order valence-electron chi connectivity index (χ2n) is 6.19. The van der Waals surface area contributed by atoms with Gasteiger partial charge in [-0.2, -0.15) is 0 Å². The number of fused-ring (bicyclic) bond motifs is 2. The van der Waals surface area contributed by atoms with Gasteiger partial charge in [0.15, 0.2) is 0 Å². The van der Waals surface area contributed by atoms with Gasteiger partial charge < -0.3 is 10.1 Å². The Balaban J connectivity index is 1.63. The summed E-state index contributed by atoms with van der Waals surface area (Å²) in [5, 5.41) is 2.98. The molecule has 1 fully saturated rings. The highest BCUT2D eigenvalue weighted by Gasteiger charge is 2.49. The lowest BCUT2D eigenvalue weighted by Crippen LogP contribution is -2.40. The standard InChI is InChI=1S/C18H17FN2O2/c19-14-3-1-12(2-4-14)9-13-10-15-16(20-11-13)18(17(22)21-15)5-7-23-8-6-18/h1-4,10-11H,5-9H2,(H,21,22). The zero-order chi connectivity index (χ0) is 15.9. The highest BCUT2D eigenvalue weighted by atomic mass is 19.1. The molecule has 2 aliphatic heterocycles. The summed E-state index contributed by atoms with van der Waals surface area (Å²) < 4.78 is 18.4. The molecule has 4 rings (SSSR count). The molecule has 2 aliphatic rings. The van der Waals surface area contributed by atoms with E-state index in [0.29, 0.717) is 32.5 Å². The fourth-order valence-electron chi connectivity index (χ4n) is 3.45. The lowest BCUT2D eigenvalue weighted by molar-refractivity contribution is -0.124. The molecule has 2 aromatic rings. The van der Waals surface area contributed by atoms with E-state index < -0.39 is 5.41 Å². The van der Waals surface area contributed by atoms with Crippen LogP contribution < -0.4 is 5.32 Å². The predicted molar refractivity (Wildman–Crippen MR) is 83.8 cm³/mol. The van der Waals surface area contributed by atoms with Crippen LogP contribution in [0.15, 0.2) is 36.5 Å². The summed E-state index contributed by atoms with van der Waals surface area (Å²) in [6, 6.07) is 8.42. The third-order valence-corrected chi connectivity index (χ3v) is 4.75. The maximum Gasteiger partial charge on any atom is 0.236 e. The van der Waals surface area contributed by atoms with E-state index in [9.17, 15) is 9.18 Å². The van der Waals surface area contributed by atoms with E-state index in [1.807, 2.05) is 12.3 Å². The van der Waals surface area contributed by atoms with Crippen LogP contribution in [0.2, 0.25) is 0 Å². The summed E-state index contributed by atoms with van der Waals surface area (Å²) in [4.78, 5) is 17.1. The first-order chi connectivity index (χ1) is 11.2. The number of hydrogen-bond donors (Lipinski definition) is 1. The molecule has 0 saturated carbocycles. The monoisotopic (exact) mass is 312 g/mol. The van der Waals surface area contributed by atoms with Crippen LogP contribution in [0.5, 0.6) is 0 Å². The van der Waals surface area contributed by atoms with Crippen LogP contribution in [-0.4, -0.2) is 24.1 Å². The third-order valence-electron chi connectivity index (χ3n) is 4.75. The van der Waals surface area contributed by atoms with Crippen molar-refractivity contribution in [3.05, 3.63) is 59.2 Å². The SMILES string of the molecule is O=C1Nc2cc(Cc3ccc(F)cc3)cnc2C12CCOCC2. The molecule has 1 saturated heterocycles. The van der Waals surface area contributed by atoms with Crippen molar-refractivity contribution in [1.82, 2.24) is 4.98 Å². The van der Waals surface area contributed by atoms with Gasteiger partial charge in [0.1, 0.15) is 5.82 Å². The number of ether oxygens (including phenoxy) is 1. The van der Waals surface area contributed by atoms with Crippen molar-refractivity contribution in [2.45, 2.75) is 24.7 Å². The molecule has 118 valence electrons. The summed E-state index contributed by atoms with van der Waals surface area (Å²) >= 11 is 0. The van der Waals surface area contributed by atoms with Gasteiger partial charge in [-0.15, -0.1) is 0 Å². The molecule has 0 atom stereocenters. The van der Waals surface area contributed by atoms with E-state index in [0.717, 1.165) is 22.5 Å². The molecule has 0 aliphatic carbocycles. The maximum atomic E-state index is 13.0. The van der Waals surface area contributed by atoms with E-state index in [1.165, 1.54) is 12.1 Å². The number of nitrogens with one attached hydrogen (secondary N) is 1. The largest absolute Gasteiger partial charge is 0.381 e. The molecule has 0 unspecified atom stereocenters. The number of nitrogens with zero attached hydrogens (tertiary/aromatic N) is 1. The Bertz CT molecular complexity index is 752. The molecule has 1 aromatic carbocycles. The fourth-order valence-corrected chi connectivity index (χ4v) is 3.45. The van der Waals surface area contributed by atoms with Crippen LogP contribution in [0.25, 0.3) is 0 Å². The van der Waals surface area contributed by atoms with Crippen molar-refractivity contribution in [1.29, 1.82) is 0 Å². The molecule has 4 nitrogen and oxygen atoms in total. The zero-order valence-electron chi connectivity index (χ0n) is 12.6. The highest BCUT2D eigenvalue weighted by Crippen LogP contribution is 2.43. The number of aromatic nitrogens is 1. The number of carbonyl (C=O) groups excluding carboxylic acids is 1. The number of hydrogen-bond acceptors (Lipinski definition) is 3. The van der Waals surface area contributed by atoms with Crippen molar-refractivity contribution >= 4 is 11.6 Å². The van der Waals surface area contributed by atoms with Crippen LogP contribution in [0.1, 0.15) is 29.7 Å². The minimum atomic E-state index is -0.526. The second-order valence-corrected chi connectivity index (χ2v) is 6.19. The molecule has 23 heavy (non-hydrogen) atoms. The predicted octanol–water partition coefficient (Wildman–Crippen LogP) is 2.81. The number of rotatable bonds is 2. The first-order valence-electron chi connectivity index (χ1n) is 7.80. The Morgan fingerprint density at radius 3 is 2.65 bits per heavy atom. The van der Waals surface area contributed by atoms with Crippen molar-refractivity contribution in [2.75, 3.05) is 18.5 Å². The normalized spacial score (nSPS) is 18.7. The first-order valence-corrected chi connectivity index (χ1v) is 7.80. The Morgan fingerprint density at radius 2 is 1.91 bits per heavy atom. The molecule has 1 amide bonds. The number of anilines is 1. The smallest absolute Gasteiger partial charge is 0.236 e. The summed E-state index contributed by atoms with van der Waals surface area (Å²) in [5.74, 6) is -0.211. The lowest BCUT2D eigenvalue weighted by Gasteiger charge is -2.30. The molecule has 5 heteroatoms. The third kappa shape index (κ3) is 2.41. The molecule has 1 N–H and O–H groups in total. The van der Waals surface area contributed by atoms with Gasteiger partial charge in [-0.1, -0.05) is 12.1 Å². The average Bonchev–Trinajstić information content (AvgIpc) is 2.82. The van der Waals surface area contributed by atoms with Crippen molar-refractivity contribution in [3.8, 4) is 0 Å². The van der Waals surface area contributed by atoms with Crippen LogP contribution in [0.4, 0.5) is 10.1 Å². The summed E-state index contributed by atoms with van der Waals surface area (Å²) in [7, 11) is 0. The van der Waals surface area contributed by atoms with Gasteiger partial charge in [-0.3, -0.25) is 9.78 Å². The first kappa shape index (κ1) is 14.3. The van der Waals surface area contributed by atoms with Gasteiger partial charge in [0.05, 0.1) is 16.8 Å². The molecule has 0 radical (unpaired) electrons. The van der Waals surface area contributed by atoms with E-state index in [1.54, 1.807) is 12.1 Å². The molecule has 0 bridgehead atoms. The molecule has 1 aromatic heterocycles. The van der Waals surface area contributed by atoms with E-state index in [4.69, 9.17) is 4.74 Å². The van der Waals surface area contributed by atoms with Crippen LogP contribution in [0.3, 0.4) is 0 Å². The quantitative estimate of drug-likeness (QED) is 0.928. The second kappa shape index (κ2) is 5.42. The average molecular weight is 312 g/mol. The molecular formula is C18H17FN2O2. The van der Waals surface area contributed by atoms with Gasteiger partial charge in [0.25, 0.3) is 0 Å². The Labute approximate surface area is 133 Å². The summed E-state index contributed by atoms with van der Waals surface area (Å²) in [6.45, 7) is 1.18. The van der Waals surface area contributed by atoms with E-state index in [-0.39, 0.29) is 11.7 Å². The number of pyridine rings is 1. The minimum Gasteiger partial charge on any atom is -0.381 e. The van der Waals surface area contributed by atoms with Gasteiger partial charge in [0, 0.05) is 19.4 Å². The zero-order valence-corrected chi connectivity index (χ0v) is 12.6. The fraction of sp³-hybridized carbons (Fsp3) is 0.333. The van der Waals surface area contributed by atoms with Crippen molar-refractivity contribution in [2.24, 2.45) is 0 Å². The van der Waals surface area contributed by atoms with Gasteiger partial charge in [0.2, 0.25) is 5.91 Å². The number of carbonyl (C=O) groups is 1. The van der Waals surface area contributed by atoms with Gasteiger partial charge in [-0.25, -0.2) is 4.39 Å². The number of benzene rings is 1. The maximum absolute atomic E-state index is 13.0. The molecule has 1 spiro atoms. The Morgan fingerprint density at radius 1 is 1.17 bits per heavy atom. The Hall–Kier alpha value is -2.27. The molecular weight excluding hydrogens is 295 g/mol. The number of amides is 1. The topological polar surface area (TPSA) is 51.2 Å². The van der Waals surface area contributed by atoms with Crippen molar-refractivity contribution in [3.63, 3.8) is 0 Å². The van der Waals surface area contributed by atoms with Gasteiger partial charge >= 0.3 is 0 Å². The van der Waals surface area contributed by atoms with E-state index >= 15 is 0 Å². The van der Waals surface area contributed by atoms with Crippen LogP contribution >= 0.6 is 0 Å². The van der Waals surface area contributed by atoms with Crippen LogP contribution in [0, 0.1) is 5.82 Å². The summed E-state index contributed by atoms with van der Waals surface area (Å²) in [6.07, 6.45) is 3.83. The minimum absolute atomic E-state index is 0.0298. The Kier molecular flexibility index (Phi) is 3.38. The van der Waals surface area contributed by atoms with Crippen LogP contribution in [-0.2, 0) is 21.4 Å². The number of halogens is 1.